The molecule has 0 saturated carbocycles. The molecule has 7 N–H and O–H groups in total. The fraction of sp³-hybridized carbons (Fsp3) is 0.441. The fourth-order valence-electron chi connectivity index (χ4n) is 5.77. The molecular weight excluding hydrogens is 1150 g/mol. The van der Waals surface area contributed by atoms with E-state index in [0.717, 1.165) is 62.1 Å². The number of likely N-dealkylation sites (N-methyl/N-ethyl adjacent to an activating group) is 2. The van der Waals surface area contributed by atoms with Crippen LogP contribution in [0.1, 0.15) is 39.0 Å². The molecule has 0 unspecified atom stereocenters. The molecule has 0 spiro atoms. The molecule has 34 nitrogen and oxygen atoms in total. The summed E-state index contributed by atoms with van der Waals surface area (Å²) in [7, 11) is 4.09. The molecule has 0 atom stereocenters. The maximum atomic E-state index is 10.4. The number of carboxylic acid groups (broad SMARTS) is 1. The number of rotatable bonds is 13. The maximum absolute atomic E-state index is 10.4. The molecule has 386 valence electrons. The van der Waals surface area contributed by atoms with Crippen LogP contribution >= 0.6 is 47.8 Å². The first-order chi connectivity index (χ1) is 33.6. The van der Waals surface area contributed by atoms with Crippen LogP contribution in [0.15, 0.2) is 36.4 Å². The van der Waals surface area contributed by atoms with E-state index < -0.39 is 36.4 Å². The van der Waals surface area contributed by atoms with Gasteiger partial charge in [0.15, 0.2) is 5.69 Å². The average Bonchev–Trinajstić information content (AvgIpc) is 4.19. The van der Waals surface area contributed by atoms with E-state index in [2.05, 4.69) is 100 Å². The molecule has 0 saturated heterocycles. The lowest BCUT2D eigenvalue weighted by Crippen LogP contribution is -2.30. The minimum absolute atomic E-state index is 0.0506. The Balaban J connectivity index is 0.000000226. The number of nitrogens with one attached hydrogen (secondary N) is 2. The van der Waals surface area contributed by atoms with Crippen molar-refractivity contribution in [1.29, 1.82) is 0 Å². The summed E-state index contributed by atoms with van der Waals surface area (Å²) < 4.78 is 6.71. The first-order valence-electron chi connectivity index (χ1n) is 20.0. The number of aliphatic hydroxyl groups excluding tert-OH is 2. The minimum atomic E-state index is -1.30. The number of aromatic amines is 2. The summed E-state index contributed by atoms with van der Waals surface area (Å²) in [6.45, 7) is 5.96. The first kappa shape index (κ1) is 58.1. The Labute approximate surface area is 423 Å². The van der Waals surface area contributed by atoms with Gasteiger partial charge in [0.25, 0.3) is 0 Å². The second-order valence-corrected chi connectivity index (χ2v) is 16.4. The predicted octanol–water partition coefficient (Wildman–Crippen LogP) is 2.73. The van der Waals surface area contributed by atoms with Gasteiger partial charge in [-0.3, -0.25) is 14.5 Å². The van der Waals surface area contributed by atoms with E-state index in [1.165, 1.54) is 34.6 Å². The van der Waals surface area contributed by atoms with Gasteiger partial charge in [0.2, 0.25) is 0 Å². The summed E-state index contributed by atoms with van der Waals surface area (Å²) in [6.07, 6.45) is 0. The van der Waals surface area contributed by atoms with Gasteiger partial charge in [-0.25, -0.2) is 4.79 Å². The Morgan fingerprint density at radius 2 is 1.10 bits per heavy atom. The first-order valence-corrected chi connectivity index (χ1v) is 23.3. The number of nitrogens with two attached hydrogens (primary N) is 1. The second-order valence-electron chi connectivity index (χ2n) is 14.2. The zero-order chi connectivity index (χ0) is 52.9. The lowest BCUT2D eigenvalue weighted by atomic mass is 10.3. The highest BCUT2D eigenvalue weighted by Crippen LogP contribution is 2.18. The maximum Gasteiger partial charge on any atom is 0.390 e. The molecule has 0 radical (unpaired) electrons. The van der Waals surface area contributed by atoms with Crippen LogP contribution in [-0.2, 0) is 57.8 Å². The quantitative estimate of drug-likeness (QED) is 0.0550. The van der Waals surface area contributed by atoms with Crippen molar-refractivity contribution in [2.24, 2.45) is 0 Å². The summed E-state index contributed by atoms with van der Waals surface area (Å²) in [4.78, 5) is 62.7. The number of nitrogen functional groups attached to an aromatic ring is 1. The molecule has 2 aliphatic heterocycles. The van der Waals surface area contributed by atoms with Gasteiger partial charge in [-0.2, -0.15) is 19.1 Å². The molecule has 8 heterocycles. The number of hydrogen-bond acceptors (Lipinski definition) is 22. The summed E-state index contributed by atoms with van der Waals surface area (Å²) in [5, 5.41) is 105. The number of aliphatic hydroxyl groups is 2. The standard InChI is InChI=1S/C7H10N4O2.C7H12N4.C6H7Br2N3O2.C6H8BrN3O3.C4H3N3O4.C4H5N3O3/c1-9-2-3-10-6(5-9)4-7(8-10)11(12)13;1-10-2-3-11-6(5-10)4-7(8)9-11;7-1-2-10-5(4-8)3-6(9-10)11(12)13;7-1-2-9-5(4-11)3-6(8-9)10(12)13;8-4(9)2-1-3(6-5-2)7(10)11;8-2-3-1-4(6-5-3)7(9)10/h4H,2-3,5H2,1H3;4H,2-3,5H2,1H3,(H2,8,9);3H,1-2,4H2;3,11H,1-2,4H2;1H,(H,5,6)(H,8,9);1,8H,2H2,(H,5,6). The zero-order valence-corrected chi connectivity index (χ0v) is 42.1. The highest BCUT2D eigenvalue weighted by Gasteiger charge is 2.23. The number of aryl methyl sites for hydroxylation is 2. The van der Waals surface area contributed by atoms with Crippen LogP contribution < -0.4 is 5.73 Å². The number of carboxylic acids is 1. The summed E-state index contributed by atoms with van der Waals surface area (Å²) in [6, 6.07) is 8.24. The topological polar surface area (TPSA) is 455 Å². The van der Waals surface area contributed by atoms with Crippen molar-refractivity contribution >= 4 is 88.7 Å². The number of H-pyrrole nitrogens is 2. The van der Waals surface area contributed by atoms with Gasteiger partial charge in [-0.15, -0.1) is 10.2 Å². The Bertz CT molecular complexity index is 2580. The second kappa shape index (κ2) is 28.5. The Morgan fingerprint density at radius 3 is 1.51 bits per heavy atom. The molecule has 0 fully saturated rings. The molecule has 71 heavy (non-hydrogen) atoms. The van der Waals surface area contributed by atoms with Gasteiger partial charge >= 0.3 is 35.1 Å². The van der Waals surface area contributed by atoms with Crippen LogP contribution in [0.5, 0.6) is 0 Å². The number of alkyl halides is 3. The van der Waals surface area contributed by atoms with E-state index in [9.17, 15) is 55.4 Å². The van der Waals surface area contributed by atoms with E-state index in [1.807, 2.05) is 22.9 Å². The predicted molar refractivity (Wildman–Crippen MR) is 255 cm³/mol. The minimum Gasteiger partial charge on any atom is -0.476 e. The summed E-state index contributed by atoms with van der Waals surface area (Å²) in [5.74, 6) is -1.68. The molecule has 8 rings (SSSR count). The Morgan fingerprint density at radius 1 is 0.634 bits per heavy atom. The van der Waals surface area contributed by atoms with E-state index >= 15 is 0 Å². The van der Waals surface area contributed by atoms with Gasteiger partial charge < -0.3 is 71.6 Å². The van der Waals surface area contributed by atoms with Gasteiger partial charge in [0.1, 0.15) is 11.5 Å². The third-order valence-corrected chi connectivity index (χ3v) is 10.4. The van der Waals surface area contributed by atoms with E-state index in [1.54, 1.807) is 9.36 Å². The van der Waals surface area contributed by atoms with Crippen LogP contribution in [0, 0.1) is 50.6 Å². The number of nitro groups is 5. The van der Waals surface area contributed by atoms with Crippen LogP contribution in [-0.4, -0.2) is 153 Å². The number of aromatic carboxylic acids is 1. The molecular formula is C34H45Br3N20O14. The van der Waals surface area contributed by atoms with Crippen LogP contribution in [0.25, 0.3) is 0 Å². The Hall–Kier alpha value is -7.19. The zero-order valence-electron chi connectivity index (χ0n) is 37.3. The fourth-order valence-corrected chi connectivity index (χ4v) is 6.90. The molecule has 2 aliphatic rings. The largest absolute Gasteiger partial charge is 0.476 e. The summed E-state index contributed by atoms with van der Waals surface area (Å²) >= 11 is 9.68. The number of anilines is 1. The molecule has 0 amide bonds. The van der Waals surface area contributed by atoms with Gasteiger partial charge in [-0.1, -0.05) is 58.0 Å². The van der Waals surface area contributed by atoms with Crippen molar-refractivity contribution in [3.05, 3.63) is 121 Å². The number of halogens is 3. The molecule has 6 aromatic heterocycles. The lowest BCUT2D eigenvalue weighted by molar-refractivity contribution is -0.390. The van der Waals surface area contributed by atoms with E-state index in [0.29, 0.717) is 35.3 Å². The number of fused-ring (bicyclic) bond motifs is 2. The van der Waals surface area contributed by atoms with Crippen molar-refractivity contribution in [3.8, 4) is 0 Å². The summed E-state index contributed by atoms with van der Waals surface area (Å²) in [5.41, 5.74) is 8.86. The SMILES string of the molecule is CN1CCn2nc(N)cc2C1.CN1CCn2nc([N+](=O)[O-])cc2C1.O=C(O)c1cc([N+](=O)[O-])[nH]n1.O=[N+]([O-])c1cc(CBr)n(CCBr)n1.O=[N+]([O-])c1cc(CO)n(CCBr)n1.O=[N+]([O-])c1cc(CO)n[nH]1. The van der Waals surface area contributed by atoms with Gasteiger partial charge in [0.05, 0.1) is 108 Å². The van der Waals surface area contributed by atoms with Crippen molar-refractivity contribution in [3.63, 3.8) is 0 Å². The van der Waals surface area contributed by atoms with Crippen LogP contribution in [0.3, 0.4) is 0 Å². The van der Waals surface area contributed by atoms with Crippen LogP contribution in [0.4, 0.5) is 34.9 Å². The van der Waals surface area contributed by atoms with E-state index in [4.69, 9.17) is 21.1 Å². The van der Waals surface area contributed by atoms with E-state index in [-0.39, 0.29) is 47.9 Å². The number of carbonyl (C=O) groups is 1. The molecule has 0 aliphatic carbocycles. The van der Waals surface area contributed by atoms with Crippen molar-refractivity contribution < 1.29 is 44.7 Å². The normalized spacial score (nSPS) is 12.5. The number of nitrogens with zero attached hydrogens (tertiary/aromatic N) is 17. The molecule has 0 bridgehead atoms. The van der Waals surface area contributed by atoms with Crippen LogP contribution in [0.2, 0.25) is 0 Å². The molecule has 37 heteroatoms. The van der Waals surface area contributed by atoms with Gasteiger partial charge in [0, 0.05) is 48.2 Å². The van der Waals surface area contributed by atoms with Crippen molar-refractivity contribution in [1.82, 2.24) is 69.3 Å². The number of aromatic nitrogens is 12. The highest BCUT2D eigenvalue weighted by molar-refractivity contribution is 9.09. The van der Waals surface area contributed by atoms with Gasteiger partial charge in [-0.05, 0) is 38.7 Å². The Kier molecular flexibility index (Phi) is 23.3. The average molecular weight is 1200 g/mol. The molecule has 6 aromatic rings. The smallest absolute Gasteiger partial charge is 0.390 e. The third-order valence-electron chi connectivity index (χ3n) is 9.09. The molecule has 0 aromatic carbocycles. The third kappa shape index (κ3) is 18.3. The monoisotopic (exact) mass is 1190 g/mol. The number of hydrogen-bond donors (Lipinski definition) is 6. The lowest BCUT2D eigenvalue weighted by Gasteiger charge is -2.22. The van der Waals surface area contributed by atoms with Crippen molar-refractivity contribution in [2.45, 2.75) is 57.8 Å². The highest BCUT2D eigenvalue weighted by atomic mass is 79.9. The van der Waals surface area contributed by atoms with Crippen molar-refractivity contribution in [2.75, 3.05) is 43.6 Å².